The van der Waals surface area contributed by atoms with Crippen LogP contribution in [0, 0.1) is 0 Å². The van der Waals surface area contributed by atoms with Crippen molar-refractivity contribution >= 4 is 43.0 Å². The maximum atomic E-state index is 12.3. The second-order valence-corrected chi connectivity index (χ2v) is 11.2. The molecule has 1 atom stereocenters. The second-order valence-electron chi connectivity index (χ2n) is 6.24. The van der Waals surface area contributed by atoms with Crippen molar-refractivity contribution in [3.8, 4) is 0 Å². The van der Waals surface area contributed by atoms with Gasteiger partial charge < -0.3 is 10.1 Å². The molecule has 12 heteroatoms. The summed E-state index contributed by atoms with van der Waals surface area (Å²) < 4.78 is 57.8. The van der Waals surface area contributed by atoms with Crippen LogP contribution in [0.15, 0.2) is 50.9 Å². The third kappa shape index (κ3) is 6.32. The lowest BCUT2D eigenvalue weighted by molar-refractivity contribution is -0.116. The number of amides is 1. The fourth-order valence-electron chi connectivity index (χ4n) is 2.39. The Balaban J connectivity index is 1.99. The van der Waals surface area contributed by atoms with Crippen LogP contribution in [0.4, 0.5) is 5.69 Å². The van der Waals surface area contributed by atoms with Crippen molar-refractivity contribution in [2.75, 3.05) is 32.6 Å². The summed E-state index contributed by atoms with van der Waals surface area (Å²) in [6, 6.07) is 8.25. The number of nitrogens with one attached hydrogen (secondary N) is 2. The Hall–Kier alpha value is -1.83. The number of carbonyl (C=O) groups excluding carboxylic acids is 1. The summed E-state index contributed by atoms with van der Waals surface area (Å²) in [6.45, 7) is 1.53. The van der Waals surface area contributed by atoms with Crippen molar-refractivity contribution in [2.24, 2.45) is 0 Å². The topological polar surface area (TPSA) is 122 Å². The van der Waals surface area contributed by atoms with Gasteiger partial charge in [-0.2, -0.15) is 4.31 Å². The van der Waals surface area contributed by atoms with Gasteiger partial charge >= 0.3 is 0 Å². The molecular formula is C17H23N3O6S3. The van der Waals surface area contributed by atoms with Crippen molar-refractivity contribution in [1.29, 1.82) is 0 Å². The van der Waals surface area contributed by atoms with E-state index < -0.39 is 32.0 Å². The summed E-state index contributed by atoms with van der Waals surface area (Å²) in [5, 5.41) is 4.19. The van der Waals surface area contributed by atoms with Crippen LogP contribution in [0.25, 0.3) is 0 Å². The summed E-state index contributed by atoms with van der Waals surface area (Å²) in [4.78, 5) is 12.2. The zero-order valence-electron chi connectivity index (χ0n) is 16.2. The lowest BCUT2D eigenvalue weighted by Crippen LogP contribution is -2.35. The molecule has 0 aliphatic carbocycles. The van der Waals surface area contributed by atoms with Gasteiger partial charge in [-0.1, -0.05) is 6.07 Å². The monoisotopic (exact) mass is 461 g/mol. The molecule has 0 saturated carbocycles. The molecule has 0 radical (unpaired) electrons. The fraction of sp³-hybridized carbons (Fsp3) is 0.353. The Morgan fingerprint density at radius 3 is 2.38 bits per heavy atom. The molecule has 0 saturated heterocycles. The van der Waals surface area contributed by atoms with E-state index >= 15 is 0 Å². The van der Waals surface area contributed by atoms with Crippen molar-refractivity contribution in [1.82, 2.24) is 9.03 Å². The van der Waals surface area contributed by atoms with Crippen LogP contribution in [-0.4, -0.2) is 60.4 Å². The van der Waals surface area contributed by atoms with Gasteiger partial charge in [0.1, 0.15) is 4.21 Å². The molecule has 9 nitrogen and oxygen atoms in total. The molecule has 2 aromatic rings. The SMILES string of the molecule is COCC(C)NS(=O)(=O)c1ccc(NC(=O)CN(C)S(=O)(=O)c2cccs2)cc1. The van der Waals surface area contributed by atoms with Gasteiger partial charge in [0.05, 0.1) is 18.0 Å². The molecule has 1 unspecified atom stereocenters. The smallest absolute Gasteiger partial charge is 0.252 e. The number of sulfonamides is 2. The highest BCUT2D eigenvalue weighted by Crippen LogP contribution is 2.20. The second kappa shape index (κ2) is 9.78. The summed E-state index contributed by atoms with van der Waals surface area (Å²) >= 11 is 1.07. The predicted octanol–water partition coefficient (Wildman–Crippen LogP) is 1.32. The molecule has 1 aromatic heterocycles. The van der Waals surface area contributed by atoms with Gasteiger partial charge in [0.15, 0.2) is 0 Å². The molecule has 0 fully saturated rings. The number of carbonyl (C=O) groups is 1. The van der Waals surface area contributed by atoms with Gasteiger partial charge in [-0.05, 0) is 42.6 Å². The van der Waals surface area contributed by atoms with E-state index in [0.29, 0.717) is 5.69 Å². The summed E-state index contributed by atoms with van der Waals surface area (Å²) in [5.74, 6) is -0.546. The number of nitrogens with zero attached hydrogens (tertiary/aromatic N) is 1. The first-order chi connectivity index (χ1) is 13.6. The molecule has 160 valence electrons. The van der Waals surface area contributed by atoms with E-state index in [-0.39, 0.29) is 22.3 Å². The van der Waals surface area contributed by atoms with Crippen molar-refractivity contribution in [3.05, 3.63) is 41.8 Å². The van der Waals surface area contributed by atoms with Gasteiger partial charge in [0, 0.05) is 25.9 Å². The molecule has 1 heterocycles. The quantitative estimate of drug-likeness (QED) is 0.550. The van der Waals surface area contributed by atoms with E-state index in [0.717, 1.165) is 15.6 Å². The number of ether oxygens (including phenoxy) is 1. The lowest BCUT2D eigenvalue weighted by atomic mass is 10.3. The first-order valence-corrected chi connectivity index (χ1v) is 12.3. The minimum atomic E-state index is -3.73. The van der Waals surface area contributed by atoms with Gasteiger partial charge in [0.2, 0.25) is 15.9 Å². The molecule has 0 aliphatic heterocycles. The average Bonchev–Trinajstić information content (AvgIpc) is 3.17. The van der Waals surface area contributed by atoms with E-state index in [1.54, 1.807) is 18.4 Å². The Morgan fingerprint density at radius 2 is 1.83 bits per heavy atom. The molecule has 1 amide bonds. The molecule has 2 N–H and O–H groups in total. The van der Waals surface area contributed by atoms with Crippen molar-refractivity contribution in [2.45, 2.75) is 22.1 Å². The minimum absolute atomic E-state index is 0.0378. The van der Waals surface area contributed by atoms with Crippen LogP contribution in [0.5, 0.6) is 0 Å². The molecule has 0 aliphatic rings. The van der Waals surface area contributed by atoms with E-state index in [1.165, 1.54) is 44.5 Å². The number of rotatable bonds is 10. The molecule has 29 heavy (non-hydrogen) atoms. The Morgan fingerprint density at radius 1 is 1.17 bits per heavy atom. The van der Waals surface area contributed by atoms with Gasteiger partial charge in [-0.25, -0.2) is 21.6 Å². The lowest BCUT2D eigenvalue weighted by Gasteiger charge is -2.16. The van der Waals surface area contributed by atoms with Crippen LogP contribution in [-0.2, 0) is 29.6 Å². The standard InChI is InChI=1S/C17H23N3O6S3/c1-13(12-26-3)19-28(22,23)15-8-6-14(7-9-15)18-16(21)11-20(2)29(24,25)17-5-4-10-27-17/h4-10,13,19H,11-12H2,1-3H3,(H,18,21). The van der Waals surface area contributed by atoms with Crippen LogP contribution >= 0.6 is 11.3 Å². The highest BCUT2D eigenvalue weighted by atomic mass is 32.2. The Labute approximate surface area is 174 Å². The fourth-order valence-corrected chi connectivity index (χ4v) is 5.94. The zero-order valence-corrected chi connectivity index (χ0v) is 18.6. The number of anilines is 1. The van der Waals surface area contributed by atoms with Crippen LogP contribution in [0.2, 0.25) is 0 Å². The van der Waals surface area contributed by atoms with Crippen molar-refractivity contribution < 1.29 is 26.4 Å². The zero-order chi connectivity index (χ0) is 21.7. The van der Waals surface area contributed by atoms with Gasteiger partial charge in [0.25, 0.3) is 10.0 Å². The van der Waals surface area contributed by atoms with Gasteiger partial charge in [-0.3, -0.25) is 4.79 Å². The summed E-state index contributed by atoms with van der Waals surface area (Å²) in [6.07, 6.45) is 0. The summed E-state index contributed by atoms with van der Waals surface area (Å²) in [7, 11) is -4.66. The maximum Gasteiger partial charge on any atom is 0.252 e. The number of hydrogen-bond donors (Lipinski definition) is 2. The number of thiophene rings is 1. The molecular weight excluding hydrogens is 438 g/mol. The Kier molecular flexibility index (Phi) is 7.91. The average molecular weight is 462 g/mol. The molecule has 1 aromatic carbocycles. The Bertz CT molecular complexity index is 1020. The number of hydrogen-bond acceptors (Lipinski definition) is 7. The van der Waals surface area contributed by atoms with Crippen LogP contribution < -0.4 is 10.0 Å². The van der Waals surface area contributed by atoms with Crippen LogP contribution in [0.3, 0.4) is 0 Å². The van der Waals surface area contributed by atoms with E-state index in [1.807, 2.05) is 0 Å². The van der Waals surface area contributed by atoms with Crippen molar-refractivity contribution in [3.63, 3.8) is 0 Å². The third-order valence-electron chi connectivity index (χ3n) is 3.75. The normalized spacial score (nSPS) is 13.4. The first-order valence-electron chi connectivity index (χ1n) is 8.47. The molecule has 0 spiro atoms. The third-order valence-corrected chi connectivity index (χ3v) is 8.53. The van der Waals surface area contributed by atoms with E-state index in [2.05, 4.69) is 10.0 Å². The van der Waals surface area contributed by atoms with E-state index in [4.69, 9.17) is 4.74 Å². The number of benzene rings is 1. The predicted molar refractivity (Wildman–Crippen MR) is 111 cm³/mol. The largest absolute Gasteiger partial charge is 0.383 e. The first kappa shape index (κ1) is 23.4. The number of likely N-dealkylation sites (N-methyl/N-ethyl adjacent to an activating group) is 1. The molecule has 2 rings (SSSR count). The summed E-state index contributed by atoms with van der Waals surface area (Å²) in [5.41, 5.74) is 0.348. The minimum Gasteiger partial charge on any atom is -0.383 e. The molecule has 0 bridgehead atoms. The van der Waals surface area contributed by atoms with E-state index in [9.17, 15) is 21.6 Å². The maximum absolute atomic E-state index is 12.3. The van der Waals surface area contributed by atoms with Gasteiger partial charge in [-0.15, -0.1) is 11.3 Å². The van der Waals surface area contributed by atoms with Crippen LogP contribution in [0.1, 0.15) is 6.92 Å². The number of methoxy groups -OCH3 is 1. The highest BCUT2D eigenvalue weighted by Gasteiger charge is 2.24. The highest BCUT2D eigenvalue weighted by molar-refractivity contribution is 7.91.